The molecular formula is C43H66O6. The van der Waals surface area contributed by atoms with Crippen LogP contribution in [0.15, 0.2) is 11.6 Å². The highest BCUT2D eigenvalue weighted by atomic mass is 16.3. The molecule has 49 heavy (non-hydrogen) atoms. The number of allylic oxidation sites excluding steroid dienone is 1. The Morgan fingerprint density at radius 3 is 1.80 bits per heavy atom. The maximum atomic E-state index is 12.2. The molecule has 8 aliphatic rings. The first-order valence-corrected chi connectivity index (χ1v) is 19.7. The molecule has 8 aliphatic carbocycles. The van der Waals surface area contributed by atoms with E-state index in [-0.39, 0.29) is 64.8 Å². The van der Waals surface area contributed by atoms with Crippen LogP contribution in [0.2, 0.25) is 0 Å². The van der Waals surface area contributed by atoms with Crippen molar-refractivity contribution in [2.45, 2.75) is 157 Å². The summed E-state index contributed by atoms with van der Waals surface area (Å²) in [5.41, 5.74) is 1.33. The lowest BCUT2D eigenvalue weighted by Gasteiger charge is -2.61. The minimum Gasteiger partial charge on any atom is -0.393 e. The zero-order valence-corrected chi connectivity index (χ0v) is 30.6. The number of carbonyl (C=O) groups excluding carboxylic acids is 4. The molecular weight excluding hydrogens is 612 g/mol. The maximum absolute atomic E-state index is 12.2. The van der Waals surface area contributed by atoms with Crippen molar-refractivity contribution >= 4 is 23.1 Å². The van der Waals surface area contributed by atoms with Gasteiger partial charge in [-0.3, -0.25) is 19.2 Å². The number of rotatable bonds is 2. The van der Waals surface area contributed by atoms with Crippen molar-refractivity contribution in [1.29, 1.82) is 0 Å². The van der Waals surface area contributed by atoms with Gasteiger partial charge in [0.25, 0.3) is 0 Å². The van der Waals surface area contributed by atoms with E-state index in [0.717, 1.165) is 83.5 Å². The van der Waals surface area contributed by atoms with Crippen LogP contribution in [-0.4, -0.2) is 45.6 Å². The molecule has 6 unspecified atom stereocenters. The molecule has 0 aliphatic heterocycles. The Bertz CT molecular complexity index is 1400. The van der Waals surface area contributed by atoms with E-state index in [1.165, 1.54) is 5.57 Å². The molecule has 15 atom stereocenters. The molecule has 0 radical (unpaired) electrons. The van der Waals surface area contributed by atoms with Crippen molar-refractivity contribution in [1.82, 2.24) is 0 Å². The van der Waals surface area contributed by atoms with Crippen molar-refractivity contribution in [3.05, 3.63) is 11.6 Å². The number of fused-ring (bicyclic) bond motifs is 10. The van der Waals surface area contributed by atoms with Crippen molar-refractivity contribution in [3.8, 4) is 0 Å². The fourth-order valence-corrected chi connectivity index (χ4v) is 15.2. The van der Waals surface area contributed by atoms with E-state index in [1.54, 1.807) is 13.8 Å². The number of hydrogen-bond donors (Lipinski definition) is 2. The minimum absolute atomic E-state index is 0. The van der Waals surface area contributed by atoms with Crippen LogP contribution >= 0.6 is 0 Å². The maximum Gasteiger partial charge on any atom is 0.155 e. The molecule has 0 bridgehead atoms. The standard InChI is InChI=1S/C21H32O3.C21H30O3.CH4/c2*1-12(22)16-6-7-17-15-5-4-13-10-14(23)8-9-20(13,2)19(15)18(24)11-21(16,17)3;/h13,15-19,24H,4-11H2,1-3H3;10,15-19,24H,4-9,11H2,1-3H3;1H4/t13-,15?,16+,17?,18+,19?,20-,21+;15?,16-,17?,18-,19?,20+,21-;/m01./s1. The van der Waals surface area contributed by atoms with E-state index in [4.69, 9.17) is 0 Å². The second-order valence-corrected chi connectivity index (χ2v) is 19.2. The zero-order valence-electron chi connectivity index (χ0n) is 30.6. The van der Waals surface area contributed by atoms with Crippen LogP contribution in [0.4, 0.5) is 0 Å². The first kappa shape index (κ1) is 37.1. The van der Waals surface area contributed by atoms with Gasteiger partial charge in [0.05, 0.1) is 12.2 Å². The average Bonchev–Trinajstić information content (AvgIpc) is 3.54. The van der Waals surface area contributed by atoms with Gasteiger partial charge < -0.3 is 10.2 Å². The second-order valence-electron chi connectivity index (χ2n) is 19.2. The van der Waals surface area contributed by atoms with E-state index in [1.807, 2.05) is 6.08 Å². The number of Topliss-reactive ketones (excluding diaryl/α,β-unsaturated/α-hetero) is 3. The van der Waals surface area contributed by atoms with Gasteiger partial charge in [0.15, 0.2) is 5.78 Å². The van der Waals surface area contributed by atoms with Crippen LogP contribution in [0.1, 0.15) is 145 Å². The summed E-state index contributed by atoms with van der Waals surface area (Å²) in [6.07, 6.45) is 15.2. The number of ketones is 4. The van der Waals surface area contributed by atoms with Gasteiger partial charge in [-0.2, -0.15) is 0 Å². The SMILES string of the molecule is C.CC(=O)[C@H]1CCC2C3CCC4=CC(=O)CC[C@]4(C)C3[C@H](O)C[C@@]21C.CC(=O)[C@H]1CCC2C3CC[C@H]4CC(=O)CC[C@]4(C)C3[C@H](O)C[C@@]21C. The molecule has 2 N–H and O–H groups in total. The smallest absolute Gasteiger partial charge is 0.155 e. The summed E-state index contributed by atoms with van der Waals surface area (Å²) in [7, 11) is 0. The van der Waals surface area contributed by atoms with E-state index in [9.17, 15) is 29.4 Å². The quantitative estimate of drug-likeness (QED) is 0.306. The highest BCUT2D eigenvalue weighted by molar-refractivity contribution is 5.91. The number of aliphatic hydroxyl groups excluding tert-OH is 2. The van der Waals surface area contributed by atoms with Crippen LogP contribution in [0.5, 0.6) is 0 Å². The molecule has 0 aromatic rings. The van der Waals surface area contributed by atoms with Crippen LogP contribution in [0.25, 0.3) is 0 Å². The first-order valence-electron chi connectivity index (χ1n) is 19.7. The van der Waals surface area contributed by atoms with Gasteiger partial charge in [0.2, 0.25) is 0 Å². The van der Waals surface area contributed by atoms with E-state index >= 15 is 0 Å². The summed E-state index contributed by atoms with van der Waals surface area (Å²) >= 11 is 0. The lowest BCUT2D eigenvalue weighted by molar-refractivity contribution is -0.173. The third kappa shape index (κ3) is 5.53. The molecule has 0 spiro atoms. The van der Waals surface area contributed by atoms with Gasteiger partial charge in [-0.15, -0.1) is 0 Å². The minimum atomic E-state index is -0.349. The summed E-state index contributed by atoms with van der Waals surface area (Å²) in [6, 6.07) is 0. The van der Waals surface area contributed by atoms with Crippen LogP contribution in [-0.2, 0) is 19.2 Å². The average molecular weight is 679 g/mol. The lowest BCUT2D eigenvalue weighted by atomic mass is 9.44. The van der Waals surface area contributed by atoms with Crippen molar-refractivity contribution < 1.29 is 29.4 Å². The third-order valence-corrected chi connectivity index (χ3v) is 17.3. The molecule has 6 heteroatoms. The van der Waals surface area contributed by atoms with E-state index < -0.39 is 0 Å². The number of carbonyl (C=O) groups is 4. The van der Waals surface area contributed by atoms with Gasteiger partial charge in [-0.25, -0.2) is 0 Å². The molecule has 7 fully saturated rings. The molecule has 0 aromatic heterocycles. The highest BCUT2D eigenvalue weighted by Gasteiger charge is 2.64. The molecule has 0 aromatic carbocycles. The highest BCUT2D eigenvalue weighted by Crippen LogP contribution is 2.68. The first-order chi connectivity index (χ1) is 22.5. The van der Waals surface area contributed by atoms with Gasteiger partial charge in [0.1, 0.15) is 17.3 Å². The molecule has 0 saturated heterocycles. The Morgan fingerprint density at radius 2 is 1.22 bits per heavy atom. The summed E-state index contributed by atoms with van der Waals surface area (Å²) in [5.74, 6) is 4.77. The fraction of sp³-hybridized carbons (Fsp3) is 0.860. The summed E-state index contributed by atoms with van der Waals surface area (Å²) in [6.45, 7) is 12.6. The van der Waals surface area contributed by atoms with Crippen LogP contribution in [0.3, 0.4) is 0 Å². The molecule has 7 saturated carbocycles. The molecule has 8 rings (SSSR count). The second kappa shape index (κ2) is 12.8. The number of hydrogen-bond acceptors (Lipinski definition) is 6. The molecule has 274 valence electrons. The zero-order chi connectivity index (χ0) is 34.6. The normalized spacial score (nSPS) is 51.2. The third-order valence-electron chi connectivity index (χ3n) is 17.3. The van der Waals surface area contributed by atoms with Gasteiger partial charge in [-0.05, 0) is 160 Å². The summed E-state index contributed by atoms with van der Waals surface area (Å²) in [4.78, 5) is 48.2. The Hall–Kier alpha value is -1.66. The molecule has 0 heterocycles. The lowest BCUT2D eigenvalue weighted by Crippen LogP contribution is -2.59. The van der Waals surface area contributed by atoms with Crippen LogP contribution in [0, 0.1) is 74.9 Å². The van der Waals surface area contributed by atoms with Crippen molar-refractivity contribution in [2.24, 2.45) is 74.9 Å². The van der Waals surface area contributed by atoms with Gasteiger partial charge in [0, 0.05) is 31.1 Å². The fourth-order valence-electron chi connectivity index (χ4n) is 15.2. The predicted molar refractivity (Wildman–Crippen MR) is 191 cm³/mol. The van der Waals surface area contributed by atoms with Crippen molar-refractivity contribution in [2.75, 3.05) is 0 Å². The van der Waals surface area contributed by atoms with Crippen LogP contribution < -0.4 is 0 Å². The molecule has 0 amide bonds. The van der Waals surface area contributed by atoms with E-state index in [0.29, 0.717) is 65.7 Å². The Labute approximate surface area is 296 Å². The summed E-state index contributed by atoms with van der Waals surface area (Å²) < 4.78 is 0. The van der Waals surface area contributed by atoms with E-state index in [2.05, 4.69) is 27.7 Å². The topological polar surface area (TPSA) is 109 Å². The Kier molecular flexibility index (Phi) is 9.68. The monoisotopic (exact) mass is 678 g/mol. The predicted octanol–water partition coefficient (Wildman–Crippen LogP) is 8.10. The largest absolute Gasteiger partial charge is 0.393 e. The Morgan fingerprint density at radius 1 is 0.673 bits per heavy atom. The van der Waals surface area contributed by atoms with Crippen molar-refractivity contribution in [3.63, 3.8) is 0 Å². The van der Waals surface area contributed by atoms with Gasteiger partial charge >= 0.3 is 0 Å². The summed E-state index contributed by atoms with van der Waals surface area (Å²) in [5, 5.41) is 22.4. The number of aliphatic hydroxyl groups is 2. The molecule has 6 nitrogen and oxygen atoms in total. The van der Waals surface area contributed by atoms with Gasteiger partial charge in [-0.1, -0.05) is 40.7 Å². The Balaban J connectivity index is 0.000000167.